The van der Waals surface area contributed by atoms with Crippen LogP contribution in [0, 0.1) is 5.41 Å². The van der Waals surface area contributed by atoms with Crippen LogP contribution < -0.4 is 9.47 Å². The summed E-state index contributed by atoms with van der Waals surface area (Å²) in [5.41, 5.74) is -10.7. The number of benzene rings is 2. The average molecular weight is 566 g/mol. The Morgan fingerprint density at radius 3 is 1.54 bits per heavy atom. The van der Waals surface area contributed by atoms with Crippen molar-refractivity contribution in [2.45, 2.75) is 24.3 Å². The lowest BCUT2D eigenvalue weighted by molar-refractivity contribution is -0.0634. The lowest BCUT2D eigenvalue weighted by Gasteiger charge is -2.12. The third-order valence-electron chi connectivity index (χ3n) is 4.16. The van der Waals surface area contributed by atoms with E-state index in [4.69, 9.17) is 14.9 Å². The van der Waals surface area contributed by atoms with Gasteiger partial charge in [-0.3, -0.25) is 9.69 Å². The molecule has 0 fully saturated rings. The van der Waals surface area contributed by atoms with Crippen molar-refractivity contribution in [3.63, 3.8) is 0 Å². The second-order valence-electron chi connectivity index (χ2n) is 6.88. The van der Waals surface area contributed by atoms with Gasteiger partial charge in [0.25, 0.3) is 0 Å². The first-order valence-electron chi connectivity index (χ1n) is 9.69. The minimum Gasteiger partial charge on any atom is -0.493 e. The summed E-state index contributed by atoms with van der Waals surface area (Å²) in [6, 6.07) is 8.16. The van der Waals surface area contributed by atoms with Gasteiger partial charge < -0.3 is 9.47 Å². The van der Waals surface area contributed by atoms with E-state index >= 15 is 0 Å². The molecule has 37 heavy (non-hydrogen) atoms. The number of oxime groups is 1. The molecule has 0 aliphatic heterocycles. The van der Waals surface area contributed by atoms with Gasteiger partial charge in [0.2, 0.25) is 0 Å². The second kappa shape index (κ2) is 11.3. The minimum atomic E-state index is -6.40. The molecule has 1 N–H and O–H groups in total. The number of nitrogens with zero attached hydrogens (tertiary/aromatic N) is 1. The molecule has 2 aromatic carbocycles. The molecule has 0 saturated carbocycles. The van der Waals surface area contributed by atoms with Crippen LogP contribution in [0.2, 0.25) is 0 Å². The fraction of sp³-hybridized carbons (Fsp3) is 0.300. The monoisotopic (exact) mass is 566 g/mol. The molecule has 0 radical (unpaired) electrons. The number of hydrogen-bond acceptors (Lipinski definition) is 7. The van der Waals surface area contributed by atoms with Gasteiger partial charge in [0.15, 0.2) is 5.71 Å². The summed E-state index contributed by atoms with van der Waals surface area (Å²) in [4.78, 5) is 0. The zero-order chi connectivity index (χ0) is 28.1. The van der Waals surface area contributed by atoms with Crippen molar-refractivity contribution in [1.29, 1.82) is 5.41 Å². The van der Waals surface area contributed by atoms with Crippen molar-refractivity contribution < 1.29 is 61.7 Å². The normalized spacial score (nSPS) is 13.3. The van der Waals surface area contributed by atoms with Crippen LogP contribution in [0.4, 0.5) is 39.5 Å². The van der Waals surface area contributed by atoms with Gasteiger partial charge in [0.05, 0.1) is 13.2 Å². The van der Waals surface area contributed by atoms with E-state index in [2.05, 4.69) is 9.44 Å². The number of rotatable bonds is 10. The van der Waals surface area contributed by atoms with Crippen LogP contribution in [0.25, 0.3) is 0 Å². The van der Waals surface area contributed by atoms with E-state index < -0.39 is 45.0 Å². The van der Waals surface area contributed by atoms with Gasteiger partial charge in [0.1, 0.15) is 17.2 Å². The first-order chi connectivity index (χ1) is 16.9. The summed E-state index contributed by atoms with van der Waals surface area (Å²) in [6.07, 6.45) is -9.91. The Kier molecular flexibility index (Phi) is 9.05. The van der Waals surface area contributed by atoms with E-state index in [0.29, 0.717) is 0 Å². The molecule has 0 aliphatic carbocycles. The zero-order valence-corrected chi connectivity index (χ0v) is 18.9. The maximum absolute atomic E-state index is 13.1. The third kappa shape index (κ3) is 8.54. The lowest BCUT2D eigenvalue weighted by atomic mass is 10.1. The summed E-state index contributed by atoms with van der Waals surface area (Å²) in [5.74, 6) is 0.265. The van der Waals surface area contributed by atoms with E-state index in [0.717, 1.165) is 36.4 Å². The molecule has 0 saturated heterocycles. The summed E-state index contributed by atoms with van der Waals surface area (Å²) < 4.78 is 149. The van der Waals surface area contributed by atoms with E-state index in [9.17, 15) is 47.9 Å². The van der Waals surface area contributed by atoms with E-state index in [-0.39, 0.29) is 36.7 Å². The zero-order valence-electron chi connectivity index (χ0n) is 18.0. The summed E-state index contributed by atoms with van der Waals surface area (Å²) in [5, 5.41) is 9.18. The Hall–Kier alpha value is -3.50. The van der Waals surface area contributed by atoms with Crippen molar-refractivity contribution in [3.05, 3.63) is 59.7 Å². The average Bonchev–Trinajstić information content (AvgIpc) is 2.77. The molecule has 0 bridgehead atoms. The van der Waals surface area contributed by atoms with Gasteiger partial charge in [-0.1, -0.05) is 5.16 Å². The van der Waals surface area contributed by atoms with E-state index in [1.165, 1.54) is 12.1 Å². The van der Waals surface area contributed by atoms with Crippen LogP contribution in [-0.4, -0.2) is 50.9 Å². The number of alkyl halides is 9. The molecule has 0 aromatic heterocycles. The van der Waals surface area contributed by atoms with Crippen molar-refractivity contribution in [2.75, 3.05) is 13.2 Å². The highest BCUT2D eigenvalue weighted by atomic mass is 32.2. The largest absolute Gasteiger partial charge is 0.536 e. The van der Waals surface area contributed by atoms with Crippen molar-refractivity contribution in [2.24, 2.45) is 5.16 Å². The van der Waals surface area contributed by atoms with Gasteiger partial charge in [-0.15, -0.1) is 0 Å². The van der Waals surface area contributed by atoms with Crippen LogP contribution in [0.15, 0.2) is 53.7 Å². The van der Waals surface area contributed by atoms with Crippen molar-refractivity contribution >= 4 is 21.5 Å². The maximum atomic E-state index is 13.1. The van der Waals surface area contributed by atoms with Gasteiger partial charge >= 0.3 is 28.0 Å². The predicted octanol–water partition coefficient (Wildman–Crippen LogP) is 5.60. The van der Waals surface area contributed by atoms with Gasteiger partial charge in [0, 0.05) is 17.5 Å². The van der Waals surface area contributed by atoms with Crippen LogP contribution in [0.3, 0.4) is 0 Å². The number of hydrogen-bond donors (Lipinski definition) is 1. The molecule has 7 nitrogen and oxygen atoms in total. The predicted molar refractivity (Wildman–Crippen MR) is 110 cm³/mol. The molecule has 2 aromatic rings. The van der Waals surface area contributed by atoms with E-state index in [1.54, 1.807) is 0 Å². The van der Waals surface area contributed by atoms with Gasteiger partial charge in [-0.2, -0.15) is 47.9 Å². The van der Waals surface area contributed by atoms with Gasteiger partial charge in [-0.25, -0.2) is 0 Å². The SMILES string of the molecule is N=C(c1ccc(OCCCOc2ccc(/C(=N/OS(=O)(=O)C(F)(F)F)C(F)(F)F)cc2)cc1)C(F)(F)F. The topological polar surface area (TPSA) is 98.0 Å². The number of ether oxygens (including phenoxy) is 2. The Balaban J connectivity index is 1.91. The van der Waals surface area contributed by atoms with E-state index in [1.807, 2.05) is 0 Å². The Morgan fingerprint density at radius 1 is 0.730 bits per heavy atom. The maximum Gasteiger partial charge on any atom is 0.536 e. The summed E-state index contributed by atoms with van der Waals surface area (Å²) >= 11 is 0. The molecule has 17 heteroatoms. The molecule has 0 unspecified atom stereocenters. The van der Waals surface area contributed by atoms with Crippen LogP contribution >= 0.6 is 0 Å². The third-order valence-corrected chi connectivity index (χ3v) is 5.00. The highest BCUT2D eigenvalue weighted by Crippen LogP contribution is 2.28. The molecule has 0 atom stereocenters. The Morgan fingerprint density at radius 2 is 1.16 bits per heavy atom. The molecule has 2 rings (SSSR count). The summed E-state index contributed by atoms with van der Waals surface area (Å²) in [6.45, 7) is 0.0351. The molecule has 0 spiro atoms. The second-order valence-corrected chi connectivity index (χ2v) is 8.40. The fourth-order valence-corrected chi connectivity index (χ4v) is 2.68. The summed E-state index contributed by atoms with van der Waals surface area (Å²) in [7, 11) is -6.40. The minimum absolute atomic E-state index is 0.0106. The molecular formula is C20H15F9N2O5S. The first-order valence-corrected chi connectivity index (χ1v) is 11.1. The highest BCUT2D eigenvalue weighted by Gasteiger charge is 2.49. The smallest absolute Gasteiger partial charge is 0.493 e. The fourth-order valence-electron chi connectivity index (χ4n) is 2.43. The van der Waals surface area contributed by atoms with Crippen molar-refractivity contribution in [1.82, 2.24) is 0 Å². The number of halogens is 9. The Labute approximate surface area is 203 Å². The number of nitrogens with one attached hydrogen (secondary N) is 1. The van der Waals surface area contributed by atoms with Gasteiger partial charge in [-0.05, 0) is 48.5 Å². The lowest BCUT2D eigenvalue weighted by Crippen LogP contribution is -2.28. The van der Waals surface area contributed by atoms with Crippen molar-refractivity contribution in [3.8, 4) is 11.5 Å². The highest BCUT2D eigenvalue weighted by molar-refractivity contribution is 7.87. The molecular weight excluding hydrogens is 551 g/mol. The molecule has 0 heterocycles. The van der Waals surface area contributed by atoms with Crippen LogP contribution in [-0.2, 0) is 14.4 Å². The van der Waals surface area contributed by atoms with Crippen LogP contribution in [0.5, 0.6) is 11.5 Å². The first kappa shape index (κ1) is 29.7. The molecule has 0 aliphatic rings. The standard InChI is InChI=1S/C20H15F9N2O5S/c21-18(22,23)16(30)12-2-6-14(7-3-12)34-10-1-11-35-15-8-4-13(5-9-15)17(19(24,25)26)31-36-37(32,33)20(27,28)29/h2-9,30H,1,10-11H2/b30-16?,31-17-. The van der Waals surface area contributed by atoms with Crippen LogP contribution in [0.1, 0.15) is 17.5 Å². The Bertz CT molecular complexity index is 1210. The molecule has 0 amide bonds. The molecule has 204 valence electrons. The quantitative estimate of drug-likeness (QED) is 0.133.